The molecule has 0 bridgehead atoms. The van der Waals surface area contributed by atoms with Crippen LogP contribution in [0.5, 0.6) is 11.5 Å². The van der Waals surface area contributed by atoms with Crippen molar-refractivity contribution in [3.63, 3.8) is 0 Å². The van der Waals surface area contributed by atoms with E-state index in [0.29, 0.717) is 11.5 Å². The van der Waals surface area contributed by atoms with E-state index in [2.05, 4.69) is 0 Å². The van der Waals surface area contributed by atoms with Crippen molar-refractivity contribution in [1.82, 2.24) is 0 Å². The summed E-state index contributed by atoms with van der Waals surface area (Å²) in [6.07, 6.45) is 1.04. The van der Waals surface area contributed by atoms with Crippen LogP contribution in [0.3, 0.4) is 0 Å². The molecule has 0 radical (unpaired) electrons. The molecule has 0 N–H and O–H groups in total. The highest BCUT2D eigenvalue weighted by Gasteiger charge is 2.13. The monoisotopic (exact) mass is 538 g/mol. The molecule has 4 aromatic carbocycles. The third-order valence-electron chi connectivity index (χ3n) is 6.42. The summed E-state index contributed by atoms with van der Waals surface area (Å²) in [6, 6.07) is 34.6. The molecule has 0 amide bonds. The SMILES string of the molecule is CC(OC(=O)COc1ccc(CCc2ccc(OCC(=O)OC(C)c3ccccc3)cc2)cc1)c1ccccc1. The lowest BCUT2D eigenvalue weighted by Gasteiger charge is -2.14. The van der Waals surface area contributed by atoms with E-state index in [9.17, 15) is 9.59 Å². The normalized spacial score (nSPS) is 12.2. The third-order valence-corrected chi connectivity index (χ3v) is 6.42. The predicted molar refractivity (Wildman–Crippen MR) is 153 cm³/mol. The van der Waals surface area contributed by atoms with Crippen LogP contribution in [0, 0.1) is 0 Å². The molecule has 2 unspecified atom stereocenters. The highest BCUT2D eigenvalue weighted by Crippen LogP contribution is 2.19. The first kappa shape index (κ1) is 28.4. The lowest BCUT2D eigenvalue weighted by atomic mass is 10.0. The lowest BCUT2D eigenvalue weighted by molar-refractivity contribution is -0.151. The first-order valence-electron chi connectivity index (χ1n) is 13.4. The van der Waals surface area contributed by atoms with Crippen LogP contribution in [0.1, 0.15) is 48.3 Å². The van der Waals surface area contributed by atoms with Crippen molar-refractivity contribution in [2.45, 2.75) is 38.9 Å². The van der Waals surface area contributed by atoms with E-state index >= 15 is 0 Å². The van der Waals surface area contributed by atoms with Crippen molar-refractivity contribution in [3.05, 3.63) is 131 Å². The number of ether oxygens (including phenoxy) is 4. The second-order valence-corrected chi connectivity index (χ2v) is 9.45. The standard InChI is InChI=1S/C34H34O6/c1-25(29-9-5-3-6-10-29)39-33(35)23-37-31-19-15-27(16-20-31)13-14-28-17-21-32(22-18-28)38-24-34(36)40-26(2)30-11-7-4-8-12-30/h3-12,15-22,25-26H,13-14,23-24H2,1-2H3. The molecule has 40 heavy (non-hydrogen) atoms. The summed E-state index contributed by atoms with van der Waals surface area (Å²) in [6.45, 7) is 3.39. The van der Waals surface area contributed by atoms with Gasteiger partial charge in [0.2, 0.25) is 0 Å². The van der Waals surface area contributed by atoms with Crippen molar-refractivity contribution in [2.24, 2.45) is 0 Å². The van der Waals surface area contributed by atoms with Gasteiger partial charge in [0.1, 0.15) is 23.7 Å². The largest absolute Gasteiger partial charge is 0.482 e. The van der Waals surface area contributed by atoms with E-state index in [-0.39, 0.29) is 25.4 Å². The van der Waals surface area contributed by atoms with Crippen LogP contribution in [0.25, 0.3) is 0 Å². The lowest BCUT2D eigenvalue weighted by Crippen LogP contribution is -2.17. The Morgan fingerprint density at radius 2 is 0.875 bits per heavy atom. The molecule has 0 fully saturated rings. The minimum absolute atomic E-state index is 0.144. The zero-order chi connectivity index (χ0) is 28.2. The van der Waals surface area contributed by atoms with Gasteiger partial charge in [0.25, 0.3) is 0 Å². The Hall–Kier alpha value is -4.58. The number of esters is 2. The summed E-state index contributed by atoms with van der Waals surface area (Å²) in [5, 5.41) is 0. The van der Waals surface area contributed by atoms with Gasteiger partial charge in [-0.15, -0.1) is 0 Å². The zero-order valence-electron chi connectivity index (χ0n) is 22.8. The summed E-state index contributed by atoms with van der Waals surface area (Å²) in [5.41, 5.74) is 4.19. The van der Waals surface area contributed by atoms with Gasteiger partial charge in [-0.05, 0) is 73.2 Å². The minimum Gasteiger partial charge on any atom is -0.482 e. The van der Waals surface area contributed by atoms with Crippen molar-refractivity contribution in [1.29, 1.82) is 0 Å². The molecular weight excluding hydrogens is 504 g/mol. The minimum atomic E-state index is -0.411. The Morgan fingerprint density at radius 1 is 0.525 bits per heavy atom. The van der Waals surface area contributed by atoms with Gasteiger partial charge in [0.05, 0.1) is 0 Å². The maximum absolute atomic E-state index is 12.1. The Balaban J connectivity index is 1.15. The number of benzene rings is 4. The van der Waals surface area contributed by atoms with Gasteiger partial charge < -0.3 is 18.9 Å². The Labute approximate surface area is 235 Å². The van der Waals surface area contributed by atoms with E-state index in [4.69, 9.17) is 18.9 Å². The van der Waals surface area contributed by atoms with Crippen LogP contribution in [0.15, 0.2) is 109 Å². The predicted octanol–water partition coefficient (Wildman–Crippen LogP) is 6.84. The van der Waals surface area contributed by atoms with Gasteiger partial charge in [0.15, 0.2) is 13.2 Å². The summed E-state index contributed by atoms with van der Waals surface area (Å²) >= 11 is 0. The maximum Gasteiger partial charge on any atom is 0.344 e. The second kappa shape index (κ2) is 14.5. The fourth-order valence-electron chi connectivity index (χ4n) is 4.12. The Bertz CT molecular complexity index is 1230. The van der Waals surface area contributed by atoms with Crippen molar-refractivity contribution >= 4 is 11.9 Å². The quantitative estimate of drug-likeness (QED) is 0.174. The van der Waals surface area contributed by atoms with Gasteiger partial charge in [0, 0.05) is 0 Å². The fourth-order valence-corrected chi connectivity index (χ4v) is 4.12. The molecule has 0 saturated carbocycles. The average molecular weight is 539 g/mol. The molecule has 6 nitrogen and oxygen atoms in total. The molecule has 0 heterocycles. The summed E-state index contributed by atoms with van der Waals surface area (Å²) in [7, 11) is 0. The molecule has 0 aliphatic heterocycles. The van der Waals surface area contributed by atoms with Gasteiger partial charge in [-0.25, -0.2) is 9.59 Å². The van der Waals surface area contributed by atoms with Crippen LogP contribution < -0.4 is 9.47 Å². The van der Waals surface area contributed by atoms with Crippen LogP contribution in [-0.2, 0) is 31.9 Å². The molecule has 2 atom stereocenters. The number of hydrogen-bond acceptors (Lipinski definition) is 6. The number of carbonyl (C=O) groups is 2. The van der Waals surface area contributed by atoms with Gasteiger partial charge in [-0.3, -0.25) is 0 Å². The average Bonchev–Trinajstić information content (AvgIpc) is 3.00. The molecule has 4 aromatic rings. The molecule has 0 aliphatic rings. The van der Waals surface area contributed by atoms with Gasteiger partial charge in [-0.1, -0.05) is 84.9 Å². The van der Waals surface area contributed by atoms with Crippen molar-refractivity contribution in [3.8, 4) is 11.5 Å². The number of hydrogen-bond donors (Lipinski definition) is 0. The first-order chi connectivity index (χ1) is 19.5. The maximum atomic E-state index is 12.1. The smallest absolute Gasteiger partial charge is 0.344 e. The number of rotatable bonds is 13. The third kappa shape index (κ3) is 9.02. The molecule has 0 aliphatic carbocycles. The van der Waals surface area contributed by atoms with Crippen LogP contribution in [0.2, 0.25) is 0 Å². The van der Waals surface area contributed by atoms with E-state index in [1.165, 1.54) is 0 Å². The van der Waals surface area contributed by atoms with Gasteiger partial charge in [-0.2, -0.15) is 0 Å². The molecule has 0 aromatic heterocycles. The zero-order valence-corrected chi connectivity index (χ0v) is 22.8. The first-order valence-corrected chi connectivity index (χ1v) is 13.4. The van der Waals surface area contributed by atoms with Crippen molar-refractivity contribution in [2.75, 3.05) is 13.2 Å². The topological polar surface area (TPSA) is 71.1 Å². The van der Waals surface area contributed by atoms with E-state index in [1.807, 2.05) is 123 Å². The molecule has 206 valence electrons. The summed E-state index contributed by atoms with van der Waals surface area (Å²) in [4.78, 5) is 24.3. The van der Waals surface area contributed by atoms with Crippen LogP contribution in [-0.4, -0.2) is 25.2 Å². The van der Waals surface area contributed by atoms with Gasteiger partial charge >= 0.3 is 11.9 Å². The molecular formula is C34H34O6. The fraction of sp³-hybridized carbons (Fsp3) is 0.235. The molecule has 0 spiro atoms. The highest BCUT2D eigenvalue weighted by atomic mass is 16.6. The van der Waals surface area contributed by atoms with Crippen LogP contribution >= 0.6 is 0 Å². The van der Waals surface area contributed by atoms with E-state index in [0.717, 1.165) is 35.1 Å². The molecule has 6 heteroatoms. The van der Waals surface area contributed by atoms with Crippen molar-refractivity contribution < 1.29 is 28.5 Å². The summed E-state index contributed by atoms with van der Waals surface area (Å²) < 4.78 is 22.1. The second-order valence-electron chi connectivity index (χ2n) is 9.45. The Kier molecular flexibility index (Phi) is 10.3. The molecule has 0 saturated heterocycles. The van der Waals surface area contributed by atoms with E-state index in [1.54, 1.807) is 0 Å². The highest BCUT2D eigenvalue weighted by molar-refractivity contribution is 5.71. The van der Waals surface area contributed by atoms with E-state index < -0.39 is 11.9 Å². The molecule has 4 rings (SSSR count). The Morgan fingerprint density at radius 3 is 1.23 bits per heavy atom. The number of aryl methyl sites for hydroxylation is 2. The number of carbonyl (C=O) groups excluding carboxylic acids is 2. The van der Waals surface area contributed by atoms with Crippen LogP contribution in [0.4, 0.5) is 0 Å². The summed E-state index contributed by atoms with van der Waals surface area (Å²) in [5.74, 6) is 0.412.